The van der Waals surface area contributed by atoms with Crippen LogP contribution in [0.1, 0.15) is 24.5 Å². The lowest BCUT2D eigenvalue weighted by Crippen LogP contribution is -2.45. The average molecular weight is 232 g/mol. The predicted molar refractivity (Wildman–Crippen MR) is 69.9 cm³/mol. The first-order valence-corrected chi connectivity index (χ1v) is 5.89. The van der Waals surface area contributed by atoms with E-state index in [1.54, 1.807) is 5.12 Å². The highest BCUT2D eigenvalue weighted by Gasteiger charge is 2.30. The molecule has 0 bridgehead atoms. The van der Waals surface area contributed by atoms with E-state index < -0.39 is 0 Å². The van der Waals surface area contributed by atoms with Gasteiger partial charge in [0.15, 0.2) is 0 Å². The van der Waals surface area contributed by atoms with E-state index in [0.717, 1.165) is 12.1 Å². The molecule has 0 fully saturated rings. The molecule has 0 amide bonds. The van der Waals surface area contributed by atoms with Crippen LogP contribution < -0.4 is 5.84 Å². The van der Waals surface area contributed by atoms with Gasteiger partial charge in [0.2, 0.25) is 0 Å². The number of hydrazine groups is 3. The van der Waals surface area contributed by atoms with Gasteiger partial charge in [-0.05, 0) is 18.9 Å². The zero-order valence-corrected chi connectivity index (χ0v) is 10.9. The maximum Gasteiger partial charge on any atom is 0.0834 e. The second-order valence-electron chi connectivity index (χ2n) is 4.32. The highest BCUT2D eigenvalue weighted by Crippen LogP contribution is 2.33. The molecule has 0 atom stereocenters. The Hall–Kier alpha value is -1.52. The second kappa shape index (κ2) is 4.39. The SMILES string of the molecule is CCC1=C(c2ccccc2C)N(C)N(C)N1N. The van der Waals surface area contributed by atoms with Gasteiger partial charge in [-0.15, -0.1) is 5.12 Å². The molecule has 0 aliphatic carbocycles. The van der Waals surface area contributed by atoms with E-state index in [0.29, 0.717) is 0 Å². The molecule has 1 aliphatic heterocycles. The summed E-state index contributed by atoms with van der Waals surface area (Å²) in [6.45, 7) is 4.25. The second-order valence-corrected chi connectivity index (χ2v) is 4.32. The molecule has 0 aromatic heterocycles. The number of benzene rings is 1. The summed E-state index contributed by atoms with van der Waals surface area (Å²) in [5.74, 6) is 6.06. The topological polar surface area (TPSA) is 35.7 Å². The van der Waals surface area contributed by atoms with Crippen LogP contribution in [0, 0.1) is 6.92 Å². The molecule has 1 aliphatic rings. The molecule has 0 saturated heterocycles. The molecular weight excluding hydrogens is 212 g/mol. The molecule has 1 aromatic rings. The van der Waals surface area contributed by atoms with Gasteiger partial charge >= 0.3 is 0 Å². The van der Waals surface area contributed by atoms with E-state index in [1.165, 1.54) is 16.8 Å². The van der Waals surface area contributed by atoms with Crippen molar-refractivity contribution in [2.45, 2.75) is 20.3 Å². The van der Waals surface area contributed by atoms with Gasteiger partial charge in [0.25, 0.3) is 0 Å². The van der Waals surface area contributed by atoms with Crippen LogP contribution in [0.25, 0.3) is 5.70 Å². The molecule has 4 nitrogen and oxygen atoms in total. The summed E-state index contributed by atoms with van der Waals surface area (Å²) in [4.78, 5) is 0. The molecule has 0 radical (unpaired) electrons. The standard InChI is InChI=1S/C13H20N4/c1-5-12-13(15(3)16(4)17(12)14)11-9-7-6-8-10(11)2/h6-9H,5,14H2,1-4H3. The summed E-state index contributed by atoms with van der Waals surface area (Å²) in [7, 11) is 3.99. The molecule has 2 rings (SSSR count). The summed E-state index contributed by atoms with van der Waals surface area (Å²) in [6, 6.07) is 8.39. The third-order valence-corrected chi connectivity index (χ3v) is 3.35. The number of hydrogen-bond acceptors (Lipinski definition) is 4. The van der Waals surface area contributed by atoms with Crippen LogP contribution in [0.3, 0.4) is 0 Å². The van der Waals surface area contributed by atoms with Gasteiger partial charge in [-0.1, -0.05) is 31.2 Å². The van der Waals surface area contributed by atoms with E-state index in [2.05, 4.69) is 43.1 Å². The first-order chi connectivity index (χ1) is 8.07. The molecular formula is C13H20N4. The Morgan fingerprint density at radius 3 is 2.41 bits per heavy atom. The van der Waals surface area contributed by atoms with Gasteiger partial charge in [0, 0.05) is 19.7 Å². The van der Waals surface area contributed by atoms with Crippen molar-refractivity contribution in [1.29, 1.82) is 0 Å². The van der Waals surface area contributed by atoms with Crippen molar-refractivity contribution in [3.8, 4) is 0 Å². The maximum atomic E-state index is 6.06. The fraction of sp³-hybridized carbons (Fsp3) is 0.385. The fourth-order valence-electron chi connectivity index (χ4n) is 2.26. The average Bonchev–Trinajstić information content (AvgIpc) is 2.54. The van der Waals surface area contributed by atoms with Gasteiger partial charge in [-0.3, -0.25) is 5.01 Å². The van der Waals surface area contributed by atoms with Crippen LogP contribution in [0.2, 0.25) is 0 Å². The Bertz CT molecular complexity index is 452. The number of hydrogen-bond donors (Lipinski definition) is 1. The third-order valence-electron chi connectivity index (χ3n) is 3.35. The molecule has 1 heterocycles. The molecule has 0 spiro atoms. The first kappa shape index (κ1) is 12.0. The number of nitrogens with two attached hydrogens (primary N) is 1. The van der Waals surface area contributed by atoms with Gasteiger partial charge in [-0.2, -0.15) is 0 Å². The monoisotopic (exact) mass is 232 g/mol. The molecule has 4 heteroatoms. The van der Waals surface area contributed by atoms with Gasteiger partial charge in [-0.25, -0.2) is 11.0 Å². The molecule has 0 unspecified atom stereocenters. The number of rotatable bonds is 2. The highest BCUT2D eigenvalue weighted by atomic mass is 15.9. The Morgan fingerprint density at radius 1 is 1.18 bits per heavy atom. The van der Waals surface area contributed by atoms with Crippen LogP contribution in [0.4, 0.5) is 0 Å². The van der Waals surface area contributed by atoms with Crippen molar-refractivity contribution in [2.24, 2.45) is 5.84 Å². The van der Waals surface area contributed by atoms with E-state index in [-0.39, 0.29) is 0 Å². The van der Waals surface area contributed by atoms with Crippen molar-refractivity contribution in [2.75, 3.05) is 14.1 Å². The Morgan fingerprint density at radius 2 is 1.82 bits per heavy atom. The summed E-state index contributed by atoms with van der Waals surface area (Å²) >= 11 is 0. The minimum absolute atomic E-state index is 0.912. The van der Waals surface area contributed by atoms with Gasteiger partial charge in [0.1, 0.15) is 0 Å². The Kier molecular flexibility index (Phi) is 3.09. The molecule has 0 saturated carbocycles. The number of nitrogens with zero attached hydrogens (tertiary/aromatic N) is 3. The van der Waals surface area contributed by atoms with Crippen molar-refractivity contribution >= 4 is 5.70 Å². The van der Waals surface area contributed by atoms with E-state index in [9.17, 15) is 0 Å². The van der Waals surface area contributed by atoms with Crippen LogP contribution in [-0.2, 0) is 0 Å². The third kappa shape index (κ3) is 1.79. The lowest BCUT2D eigenvalue weighted by Gasteiger charge is -2.28. The van der Waals surface area contributed by atoms with Crippen LogP contribution in [0.5, 0.6) is 0 Å². The van der Waals surface area contributed by atoms with Crippen molar-refractivity contribution in [3.63, 3.8) is 0 Å². The quantitative estimate of drug-likeness (QED) is 0.791. The Balaban J connectivity index is 2.56. The zero-order valence-electron chi connectivity index (χ0n) is 10.9. The summed E-state index contributed by atoms with van der Waals surface area (Å²) in [5.41, 5.74) is 4.84. The normalized spacial score (nSPS) is 17.2. The predicted octanol–water partition coefficient (Wildman–Crippen LogP) is 1.96. The Labute approximate surface area is 103 Å². The minimum atomic E-state index is 0.912. The van der Waals surface area contributed by atoms with Crippen molar-refractivity contribution in [3.05, 3.63) is 41.1 Å². The van der Waals surface area contributed by atoms with E-state index in [1.807, 2.05) is 19.2 Å². The van der Waals surface area contributed by atoms with Gasteiger partial charge < -0.3 is 0 Å². The maximum absolute atomic E-state index is 6.06. The number of aryl methyl sites for hydroxylation is 1. The first-order valence-electron chi connectivity index (χ1n) is 5.89. The fourth-order valence-corrected chi connectivity index (χ4v) is 2.26. The van der Waals surface area contributed by atoms with Crippen LogP contribution in [0.15, 0.2) is 30.0 Å². The van der Waals surface area contributed by atoms with E-state index in [4.69, 9.17) is 5.84 Å². The number of allylic oxidation sites excluding steroid dienone is 1. The molecule has 2 N–H and O–H groups in total. The van der Waals surface area contributed by atoms with Crippen LogP contribution >= 0.6 is 0 Å². The lowest BCUT2D eigenvalue weighted by atomic mass is 10.0. The van der Waals surface area contributed by atoms with Gasteiger partial charge in [0.05, 0.1) is 11.4 Å². The van der Waals surface area contributed by atoms with Crippen molar-refractivity contribution in [1.82, 2.24) is 15.2 Å². The van der Waals surface area contributed by atoms with E-state index >= 15 is 0 Å². The summed E-state index contributed by atoms with van der Waals surface area (Å²) in [6.07, 6.45) is 0.912. The van der Waals surface area contributed by atoms with Crippen LogP contribution in [-0.4, -0.2) is 29.3 Å². The van der Waals surface area contributed by atoms with Crippen molar-refractivity contribution < 1.29 is 0 Å². The minimum Gasteiger partial charge on any atom is -0.288 e. The molecule has 17 heavy (non-hydrogen) atoms. The largest absolute Gasteiger partial charge is 0.288 e. The summed E-state index contributed by atoms with van der Waals surface area (Å²) in [5, 5.41) is 5.71. The lowest BCUT2D eigenvalue weighted by molar-refractivity contribution is -0.0738. The zero-order chi connectivity index (χ0) is 12.6. The highest BCUT2D eigenvalue weighted by molar-refractivity contribution is 5.69. The molecule has 92 valence electrons. The smallest absolute Gasteiger partial charge is 0.0834 e. The summed E-state index contributed by atoms with van der Waals surface area (Å²) < 4.78 is 0. The molecule has 1 aromatic carbocycles.